The molecule has 2 rings (SSSR count). The molecule has 2 heterocycles. The largest absolute Gasteiger partial charge is 0.478 e. The lowest BCUT2D eigenvalue weighted by Gasteiger charge is -2.32. The van der Waals surface area contributed by atoms with E-state index in [0.29, 0.717) is 32.2 Å². The van der Waals surface area contributed by atoms with Gasteiger partial charge in [-0.15, -0.1) is 0 Å². The van der Waals surface area contributed by atoms with Crippen molar-refractivity contribution in [1.82, 2.24) is 9.88 Å². The maximum Gasteiger partial charge on any atom is 0.213 e. The van der Waals surface area contributed by atoms with Crippen molar-refractivity contribution in [2.45, 2.75) is 19.4 Å². The molecule has 98 valence electrons. The fourth-order valence-electron chi connectivity index (χ4n) is 1.91. The van der Waals surface area contributed by atoms with Crippen LogP contribution in [0.15, 0.2) is 18.3 Å². The van der Waals surface area contributed by atoms with Crippen LogP contribution in [0, 0.1) is 0 Å². The maximum absolute atomic E-state index is 11.0. The Kier molecular flexibility index (Phi) is 4.52. The van der Waals surface area contributed by atoms with Crippen LogP contribution in [-0.2, 0) is 9.53 Å². The van der Waals surface area contributed by atoms with Crippen molar-refractivity contribution < 1.29 is 14.3 Å². The van der Waals surface area contributed by atoms with E-state index in [2.05, 4.69) is 11.9 Å². The van der Waals surface area contributed by atoms with Crippen LogP contribution in [0.4, 0.5) is 0 Å². The number of carbonyl (C=O) groups is 1. The summed E-state index contributed by atoms with van der Waals surface area (Å²) in [6.45, 7) is 4.47. The number of morpholine rings is 1. The van der Waals surface area contributed by atoms with Crippen molar-refractivity contribution in [3.8, 4) is 5.88 Å². The molecular weight excluding hydrogens is 232 g/mol. The first kappa shape index (κ1) is 12.8. The van der Waals surface area contributed by atoms with Crippen LogP contribution in [0.3, 0.4) is 0 Å². The quantitative estimate of drug-likeness (QED) is 0.741. The Hall–Kier alpha value is -1.62. The van der Waals surface area contributed by atoms with E-state index < -0.39 is 0 Å². The van der Waals surface area contributed by atoms with E-state index in [1.807, 2.05) is 12.1 Å². The first-order chi connectivity index (χ1) is 8.85. The van der Waals surface area contributed by atoms with Crippen molar-refractivity contribution in [1.29, 1.82) is 0 Å². The summed E-state index contributed by atoms with van der Waals surface area (Å²) in [7, 11) is 0. The number of amides is 1. The van der Waals surface area contributed by atoms with Crippen LogP contribution in [0.2, 0.25) is 0 Å². The smallest absolute Gasteiger partial charge is 0.213 e. The van der Waals surface area contributed by atoms with Crippen LogP contribution in [0.25, 0.3) is 0 Å². The second-order valence-corrected chi connectivity index (χ2v) is 4.21. The third-order valence-electron chi connectivity index (χ3n) is 2.90. The van der Waals surface area contributed by atoms with Crippen molar-refractivity contribution in [3.63, 3.8) is 0 Å². The molecule has 1 atom stereocenters. The number of hydrogen-bond donors (Lipinski definition) is 0. The van der Waals surface area contributed by atoms with Gasteiger partial charge in [-0.1, -0.05) is 6.92 Å². The summed E-state index contributed by atoms with van der Waals surface area (Å²) in [6, 6.07) is 3.74. The molecule has 18 heavy (non-hydrogen) atoms. The third-order valence-corrected chi connectivity index (χ3v) is 2.90. The van der Waals surface area contributed by atoms with Crippen molar-refractivity contribution in [2.75, 3.05) is 26.4 Å². The summed E-state index contributed by atoms with van der Waals surface area (Å²) in [6.07, 6.45) is 3.58. The van der Waals surface area contributed by atoms with Crippen LogP contribution in [-0.4, -0.2) is 42.7 Å². The fourth-order valence-corrected chi connectivity index (χ4v) is 1.91. The standard InChI is InChI=1S/C13H18N2O3/c1-2-6-18-13-4-3-11(8-14-13)12-9-17-7-5-15(12)10-16/h3-4,8,10,12H,2,5-7,9H2,1H3/t12-/m0/s1. The van der Waals surface area contributed by atoms with Gasteiger partial charge in [0.1, 0.15) is 0 Å². The van der Waals surface area contributed by atoms with E-state index in [0.717, 1.165) is 18.4 Å². The minimum Gasteiger partial charge on any atom is -0.478 e. The van der Waals surface area contributed by atoms with Crippen molar-refractivity contribution in [3.05, 3.63) is 23.9 Å². The Balaban J connectivity index is 2.05. The molecule has 1 aromatic rings. The zero-order valence-corrected chi connectivity index (χ0v) is 10.5. The molecular formula is C13H18N2O3. The normalized spacial score (nSPS) is 19.6. The summed E-state index contributed by atoms with van der Waals surface area (Å²) < 4.78 is 10.8. The van der Waals surface area contributed by atoms with Gasteiger partial charge in [0.2, 0.25) is 12.3 Å². The molecule has 0 radical (unpaired) electrons. The molecule has 1 fully saturated rings. The molecule has 0 N–H and O–H groups in total. The second-order valence-electron chi connectivity index (χ2n) is 4.21. The summed E-state index contributed by atoms with van der Waals surface area (Å²) in [5, 5.41) is 0. The van der Waals surface area contributed by atoms with E-state index in [1.165, 1.54) is 0 Å². The van der Waals surface area contributed by atoms with Crippen LogP contribution in [0.1, 0.15) is 24.9 Å². The van der Waals surface area contributed by atoms with Gasteiger partial charge in [-0.3, -0.25) is 4.79 Å². The first-order valence-electron chi connectivity index (χ1n) is 6.22. The van der Waals surface area contributed by atoms with Crippen LogP contribution >= 0.6 is 0 Å². The average Bonchev–Trinajstić information content (AvgIpc) is 2.45. The Labute approximate surface area is 107 Å². The zero-order valence-electron chi connectivity index (χ0n) is 10.5. The zero-order chi connectivity index (χ0) is 12.8. The average molecular weight is 250 g/mol. The maximum atomic E-state index is 11.0. The Morgan fingerprint density at radius 2 is 2.50 bits per heavy atom. The Bertz CT molecular complexity index is 380. The van der Waals surface area contributed by atoms with Crippen LogP contribution < -0.4 is 4.74 Å². The van der Waals surface area contributed by atoms with Gasteiger partial charge < -0.3 is 14.4 Å². The number of aromatic nitrogens is 1. The predicted molar refractivity (Wildman–Crippen MR) is 66.4 cm³/mol. The Morgan fingerprint density at radius 1 is 1.61 bits per heavy atom. The van der Waals surface area contributed by atoms with E-state index in [-0.39, 0.29) is 6.04 Å². The second kappa shape index (κ2) is 6.35. The minimum absolute atomic E-state index is 0.0380. The molecule has 1 aromatic heterocycles. The lowest BCUT2D eigenvalue weighted by molar-refractivity contribution is -0.126. The molecule has 5 nitrogen and oxygen atoms in total. The number of pyridine rings is 1. The molecule has 0 unspecified atom stereocenters. The number of hydrogen-bond acceptors (Lipinski definition) is 4. The van der Waals surface area contributed by atoms with Gasteiger partial charge in [-0.05, 0) is 18.1 Å². The minimum atomic E-state index is -0.0380. The monoisotopic (exact) mass is 250 g/mol. The molecule has 1 aliphatic rings. The highest BCUT2D eigenvalue weighted by Gasteiger charge is 2.23. The summed E-state index contributed by atoms with van der Waals surface area (Å²) in [5.74, 6) is 0.620. The lowest BCUT2D eigenvalue weighted by atomic mass is 10.1. The Morgan fingerprint density at radius 3 is 3.17 bits per heavy atom. The molecule has 0 spiro atoms. The lowest BCUT2D eigenvalue weighted by Crippen LogP contribution is -2.38. The van der Waals surface area contributed by atoms with E-state index in [4.69, 9.17) is 9.47 Å². The number of carbonyl (C=O) groups excluding carboxylic acids is 1. The topological polar surface area (TPSA) is 51.7 Å². The molecule has 1 aliphatic heterocycles. The molecule has 0 aromatic carbocycles. The summed E-state index contributed by atoms with van der Waals surface area (Å²) in [4.78, 5) is 17.0. The summed E-state index contributed by atoms with van der Waals surface area (Å²) >= 11 is 0. The van der Waals surface area contributed by atoms with Gasteiger partial charge in [0.15, 0.2) is 0 Å². The van der Waals surface area contributed by atoms with E-state index in [1.54, 1.807) is 11.1 Å². The highest BCUT2D eigenvalue weighted by Crippen LogP contribution is 2.23. The van der Waals surface area contributed by atoms with Gasteiger partial charge >= 0.3 is 0 Å². The molecule has 0 saturated carbocycles. The van der Waals surface area contributed by atoms with Crippen LogP contribution in [0.5, 0.6) is 5.88 Å². The van der Waals surface area contributed by atoms with Gasteiger partial charge in [0.05, 0.1) is 25.9 Å². The van der Waals surface area contributed by atoms with Crippen molar-refractivity contribution in [2.24, 2.45) is 0 Å². The SMILES string of the molecule is CCCOc1ccc([C@@H]2COCCN2C=O)cn1. The van der Waals surface area contributed by atoms with Gasteiger partial charge in [-0.2, -0.15) is 0 Å². The van der Waals surface area contributed by atoms with Gasteiger partial charge in [0, 0.05) is 18.8 Å². The predicted octanol–water partition coefficient (Wildman–Crippen LogP) is 1.40. The highest BCUT2D eigenvalue weighted by atomic mass is 16.5. The van der Waals surface area contributed by atoms with Crippen molar-refractivity contribution >= 4 is 6.41 Å². The molecule has 1 amide bonds. The highest BCUT2D eigenvalue weighted by molar-refractivity contribution is 5.49. The third kappa shape index (κ3) is 2.98. The molecule has 0 aliphatic carbocycles. The molecule has 0 bridgehead atoms. The van der Waals surface area contributed by atoms with E-state index >= 15 is 0 Å². The summed E-state index contributed by atoms with van der Waals surface area (Å²) in [5.41, 5.74) is 0.977. The molecule has 1 saturated heterocycles. The number of ether oxygens (including phenoxy) is 2. The number of nitrogens with zero attached hydrogens (tertiary/aromatic N) is 2. The van der Waals surface area contributed by atoms with Gasteiger partial charge in [0.25, 0.3) is 0 Å². The van der Waals surface area contributed by atoms with E-state index in [9.17, 15) is 4.79 Å². The molecule has 5 heteroatoms. The first-order valence-corrected chi connectivity index (χ1v) is 6.22. The number of rotatable bonds is 5. The fraction of sp³-hybridized carbons (Fsp3) is 0.538. The van der Waals surface area contributed by atoms with Gasteiger partial charge in [-0.25, -0.2) is 4.98 Å².